The Morgan fingerprint density at radius 2 is 1.96 bits per heavy atom. The summed E-state index contributed by atoms with van der Waals surface area (Å²) in [5.41, 5.74) is 1.40. The fraction of sp³-hybridized carbons (Fsp3) is 0.333. The molecule has 0 aliphatic carbocycles. The molecule has 1 atom stereocenters. The number of methoxy groups -OCH3 is 2. The molecule has 1 saturated heterocycles. The van der Waals surface area contributed by atoms with Crippen molar-refractivity contribution in [2.24, 2.45) is 5.92 Å². The number of halogens is 1. The van der Waals surface area contributed by atoms with E-state index in [2.05, 4.69) is 5.32 Å². The van der Waals surface area contributed by atoms with Gasteiger partial charge in [-0.05, 0) is 42.3 Å². The first-order valence-corrected chi connectivity index (χ1v) is 9.05. The Balaban J connectivity index is 1.56. The van der Waals surface area contributed by atoms with E-state index >= 15 is 0 Å². The number of amides is 2. The van der Waals surface area contributed by atoms with Crippen molar-refractivity contribution >= 4 is 17.5 Å². The number of benzene rings is 2. The van der Waals surface area contributed by atoms with Crippen molar-refractivity contribution in [3.05, 3.63) is 53.8 Å². The SMILES string of the molecule is COc1ccc(CCN2C[C@@H](C(=O)Nc3cccc(F)c3)CC2=O)cc1OC. The van der Waals surface area contributed by atoms with E-state index in [0.717, 1.165) is 5.56 Å². The lowest BCUT2D eigenvalue weighted by atomic mass is 10.1. The molecule has 1 fully saturated rings. The maximum atomic E-state index is 13.3. The molecule has 1 aliphatic heterocycles. The predicted octanol–water partition coefficient (Wildman–Crippen LogP) is 2.87. The zero-order chi connectivity index (χ0) is 20.1. The van der Waals surface area contributed by atoms with Crippen LogP contribution in [0.5, 0.6) is 11.5 Å². The van der Waals surface area contributed by atoms with Gasteiger partial charge in [0.25, 0.3) is 0 Å². The molecule has 0 unspecified atom stereocenters. The van der Waals surface area contributed by atoms with Gasteiger partial charge in [-0.15, -0.1) is 0 Å². The molecular formula is C21H23FN2O4. The molecular weight excluding hydrogens is 363 g/mol. The normalized spacial score (nSPS) is 16.2. The van der Waals surface area contributed by atoms with E-state index in [0.29, 0.717) is 36.7 Å². The van der Waals surface area contributed by atoms with Gasteiger partial charge in [-0.25, -0.2) is 4.39 Å². The maximum absolute atomic E-state index is 13.3. The fourth-order valence-corrected chi connectivity index (χ4v) is 3.27. The topological polar surface area (TPSA) is 67.9 Å². The van der Waals surface area contributed by atoms with Crippen molar-refractivity contribution in [3.8, 4) is 11.5 Å². The molecule has 28 heavy (non-hydrogen) atoms. The molecule has 0 radical (unpaired) electrons. The van der Waals surface area contributed by atoms with Gasteiger partial charge < -0.3 is 19.7 Å². The van der Waals surface area contributed by atoms with Gasteiger partial charge in [-0.2, -0.15) is 0 Å². The van der Waals surface area contributed by atoms with Gasteiger partial charge >= 0.3 is 0 Å². The first kappa shape index (κ1) is 19.7. The van der Waals surface area contributed by atoms with Crippen molar-refractivity contribution < 1.29 is 23.5 Å². The van der Waals surface area contributed by atoms with Gasteiger partial charge in [-0.3, -0.25) is 9.59 Å². The van der Waals surface area contributed by atoms with E-state index in [1.165, 1.54) is 18.2 Å². The van der Waals surface area contributed by atoms with Crippen LogP contribution in [0.4, 0.5) is 10.1 Å². The third-order valence-corrected chi connectivity index (χ3v) is 4.80. The number of carbonyl (C=O) groups is 2. The number of nitrogens with one attached hydrogen (secondary N) is 1. The van der Waals surface area contributed by atoms with Gasteiger partial charge in [0, 0.05) is 25.2 Å². The van der Waals surface area contributed by atoms with Gasteiger partial charge in [0.05, 0.1) is 20.1 Å². The molecule has 1 aliphatic rings. The summed E-state index contributed by atoms with van der Waals surface area (Å²) in [6.45, 7) is 0.866. The number of carbonyl (C=O) groups excluding carboxylic acids is 2. The summed E-state index contributed by atoms with van der Waals surface area (Å²) in [4.78, 5) is 26.4. The van der Waals surface area contributed by atoms with E-state index in [1.54, 1.807) is 25.2 Å². The van der Waals surface area contributed by atoms with Gasteiger partial charge in [0.1, 0.15) is 5.82 Å². The second kappa shape index (κ2) is 8.73. The molecule has 0 bridgehead atoms. The van der Waals surface area contributed by atoms with Crippen molar-refractivity contribution in [1.29, 1.82) is 0 Å². The largest absolute Gasteiger partial charge is 0.493 e. The highest BCUT2D eigenvalue weighted by molar-refractivity contribution is 5.97. The minimum atomic E-state index is -0.443. The average molecular weight is 386 g/mol. The predicted molar refractivity (Wildman–Crippen MR) is 103 cm³/mol. The average Bonchev–Trinajstić information content (AvgIpc) is 3.07. The number of hydrogen-bond donors (Lipinski definition) is 1. The van der Waals surface area contributed by atoms with Crippen LogP contribution >= 0.6 is 0 Å². The monoisotopic (exact) mass is 386 g/mol. The maximum Gasteiger partial charge on any atom is 0.229 e. The molecule has 0 saturated carbocycles. The summed E-state index contributed by atoms with van der Waals surface area (Å²) in [5.74, 6) is 0.100. The van der Waals surface area contributed by atoms with Gasteiger partial charge in [0.2, 0.25) is 11.8 Å². The van der Waals surface area contributed by atoms with Crippen molar-refractivity contribution in [2.75, 3.05) is 32.6 Å². The summed E-state index contributed by atoms with van der Waals surface area (Å²) < 4.78 is 23.8. The van der Waals surface area contributed by atoms with Crippen LogP contribution in [0.25, 0.3) is 0 Å². The number of hydrogen-bond acceptors (Lipinski definition) is 4. The molecule has 0 spiro atoms. The number of ether oxygens (including phenoxy) is 2. The van der Waals surface area contributed by atoms with E-state index in [-0.39, 0.29) is 18.2 Å². The van der Waals surface area contributed by atoms with E-state index in [4.69, 9.17) is 9.47 Å². The van der Waals surface area contributed by atoms with Crippen molar-refractivity contribution in [1.82, 2.24) is 4.90 Å². The van der Waals surface area contributed by atoms with Crippen LogP contribution in [0.1, 0.15) is 12.0 Å². The van der Waals surface area contributed by atoms with E-state index < -0.39 is 11.7 Å². The molecule has 2 aromatic rings. The zero-order valence-electron chi connectivity index (χ0n) is 15.9. The lowest BCUT2D eigenvalue weighted by Crippen LogP contribution is -2.30. The second-order valence-electron chi connectivity index (χ2n) is 6.68. The van der Waals surface area contributed by atoms with Crippen LogP contribution in [0, 0.1) is 11.7 Å². The third kappa shape index (κ3) is 4.60. The molecule has 1 N–H and O–H groups in total. The van der Waals surface area contributed by atoms with Crippen LogP contribution < -0.4 is 14.8 Å². The minimum absolute atomic E-state index is 0.0557. The summed E-state index contributed by atoms with van der Waals surface area (Å²) in [7, 11) is 3.16. The van der Waals surface area contributed by atoms with Gasteiger partial charge in [-0.1, -0.05) is 12.1 Å². The highest BCUT2D eigenvalue weighted by Crippen LogP contribution is 2.28. The number of anilines is 1. The molecule has 2 aromatic carbocycles. The second-order valence-corrected chi connectivity index (χ2v) is 6.68. The summed E-state index contributed by atoms with van der Waals surface area (Å²) >= 11 is 0. The fourth-order valence-electron chi connectivity index (χ4n) is 3.27. The molecule has 7 heteroatoms. The lowest BCUT2D eigenvalue weighted by molar-refractivity contribution is -0.128. The molecule has 1 heterocycles. The van der Waals surface area contributed by atoms with Crippen LogP contribution in [0.15, 0.2) is 42.5 Å². The zero-order valence-corrected chi connectivity index (χ0v) is 15.9. The Bertz CT molecular complexity index is 871. The van der Waals surface area contributed by atoms with E-state index in [9.17, 15) is 14.0 Å². The quantitative estimate of drug-likeness (QED) is 0.795. The van der Waals surface area contributed by atoms with Crippen molar-refractivity contribution in [3.63, 3.8) is 0 Å². The molecule has 3 rings (SSSR count). The first-order chi connectivity index (χ1) is 13.5. The smallest absolute Gasteiger partial charge is 0.229 e. The standard InChI is InChI=1S/C21H23FN2O4/c1-27-18-7-6-14(10-19(18)28-2)8-9-24-13-15(11-20(24)25)21(26)23-17-5-3-4-16(22)12-17/h3-7,10,12,15H,8-9,11,13H2,1-2H3,(H,23,26)/t15-/m0/s1. The Morgan fingerprint density at radius 1 is 1.18 bits per heavy atom. The van der Waals surface area contributed by atoms with Crippen LogP contribution in [0.2, 0.25) is 0 Å². The highest BCUT2D eigenvalue weighted by atomic mass is 19.1. The van der Waals surface area contributed by atoms with Crippen molar-refractivity contribution in [2.45, 2.75) is 12.8 Å². The Kier molecular flexibility index (Phi) is 6.13. The Hall–Kier alpha value is -3.09. The molecule has 2 amide bonds. The third-order valence-electron chi connectivity index (χ3n) is 4.80. The highest BCUT2D eigenvalue weighted by Gasteiger charge is 2.34. The Morgan fingerprint density at radius 3 is 2.68 bits per heavy atom. The summed E-state index contributed by atoms with van der Waals surface area (Å²) in [6.07, 6.45) is 0.803. The summed E-state index contributed by atoms with van der Waals surface area (Å²) in [6, 6.07) is 11.3. The Labute approximate surface area is 163 Å². The van der Waals surface area contributed by atoms with Gasteiger partial charge in [0.15, 0.2) is 11.5 Å². The minimum Gasteiger partial charge on any atom is -0.493 e. The van der Waals surface area contributed by atoms with E-state index in [1.807, 2.05) is 18.2 Å². The first-order valence-electron chi connectivity index (χ1n) is 9.05. The number of nitrogens with zero attached hydrogens (tertiary/aromatic N) is 1. The number of likely N-dealkylation sites (tertiary alicyclic amines) is 1. The molecule has 148 valence electrons. The van der Waals surface area contributed by atoms with Crippen LogP contribution in [0.3, 0.4) is 0 Å². The number of rotatable bonds is 7. The van der Waals surface area contributed by atoms with Crippen LogP contribution in [-0.2, 0) is 16.0 Å². The molecule has 6 nitrogen and oxygen atoms in total. The van der Waals surface area contributed by atoms with Crippen LogP contribution in [-0.4, -0.2) is 44.0 Å². The summed E-state index contributed by atoms with van der Waals surface area (Å²) in [5, 5.41) is 2.68. The molecule has 0 aromatic heterocycles. The lowest BCUT2D eigenvalue weighted by Gasteiger charge is -2.17.